The van der Waals surface area contributed by atoms with Gasteiger partial charge in [-0.15, -0.1) is 0 Å². The number of Topliss-reactive ketones (excluding diaryl/α,β-unsaturated/α-hetero) is 1. The average molecular weight is 523 g/mol. The fraction of sp³-hybridized carbons (Fsp3) is 0.0588. The number of carbonyl (C=O) groups excluding carboxylic acids is 4. The van der Waals surface area contributed by atoms with Crippen molar-refractivity contribution in [2.24, 2.45) is 0 Å². The molecule has 7 rings (SSSR count). The third-order valence-electron chi connectivity index (χ3n) is 7.65. The van der Waals surface area contributed by atoms with Gasteiger partial charge in [-0.2, -0.15) is 0 Å². The lowest BCUT2D eigenvalue weighted by molar-refractivity contribution is 0.0833. The number of hydrogen-bond donors (Lipinski definition) is 0. The van der Waals surface area contributed by atoms with E-state index in [4.69, 9.17) is 0 Å². The number of hydrogen-bond acceptors (Lipinski definition) is 4. The van der Waals surface area contributed by atoms with Crippen LogP contribution < -0.4 is 4.90 Å². The van der Waals surface area contributed by atoms with Crippen LogP contribution in [-0.4, -0.2) is 34.4 Å². The van der Waals surface area contributed by atoms with Crippen molar-refractivity contribution in [2.45, 2.75) is 12.1 Å². The molecule has 0 bridgehead atoms. The Morgan fingerprint density at radius 3 is 2.02 bits per heavy atom. The first-order chi connectivity index (χ1) is 19.5. The molecule has 2 aliphatic heterocycles. The molecule has 192 valence electrons. The molecule has 0 aromatic heterocycles. The van der Waals surface area contributed by atoms with Crippen molar-refractivity contribution in [2.75, 3.05) is 4.90 Å². The van der Waals surface area contributed by atoms with Gasteiger partial charge >= 0.3 is 0 Å². The molecule has 0 radical (unpaired) electrons. The number of nitrogens with zero attached hydrogens (tertiary/aromatic N) is 2. The molecule has 3 amide bonds. The van der Waals surface area contributed by atoms with Crippen LogP contribution in [0.5, 0.6) is 0 Å². The molecule has 0 unspecified atom stereocenters. The first-order valence-corrected chi connectivity index (χ1v) is 13.0. The summed E-state index contributed by atoms with van der Waals surface area (Å²) in [5.41, 5.74) is 2.57. The van der Waals surface area contributed by atoms with Crippen LogP contribution >= 0.6 is 0 Å². The van der Waals surface area contributed by atoms with Crippen molar-refractivity contribution >= 4 is 40.0 Å². The van der Waals surface area contributed by atoms with Gasteiger partial charge in [0.25, 0.3) is 17.7 Å². The van der Waals surface area contributed by atoms with E-state index in [0.29, 0.717) is 11.3 Å². The van der Waals surface area contributed by atoms with Crippen LogP contribution in [0.15, 0.2) is 121 Å². The van der Waals surface area contributed by atoms with E-state index >= 15 is 0 Å². The Morgan fingerprint density at radius 2 is 1.25 bits per heavy atom. The van der Waals surface area contributed by atoms with E-state index < -0.39 is 23.9 Å². The van der Waals surface area contributed by atoms with Gasteiger partial charge in [-0.05, 0) is 35.2 Å². The fourth-order valence-electron chi connectivity index (χ4n) is 5.66. The van der Waals surface area contributed by atoms with E-state index in [2.05, 4.69) is 0 Å². The minimum Gasteiger partial charge on any atom is -0.316 e. The van der Waals surface area contributed by atoms with Crippen LogP contribution in [0.4, 0.5) is 5.69 Å². The second kappa shape index (κ2) is 9.13. The minimum absolute atomic E-state index is 0.141. The topological polar surface area (TPSA) is 74.5 Å². The Morgan fingerprint density at radius 1 is 0.600 bits per heavy atom. The highest BCUT2D eigenvalue weighted by atomic mass is 16.2. The highest BCUT2D eigenvalue weighted by molar-refractivity contribution is 6.36. The second-order valence-corrected chi connectivity index (χ2v) is 9.95. The van der Waals surface area contributed by atoms with Gasteiger partial charge in [0.05, 0.1) is 22.9 Å². The molecular formula is C34H22N2O4. The van der Waals surface area contributed by atoms with Crippen LogP contribution in [0.3, 0.4) is 0 Å². The molecule has 2 atom stereocenters. The largest absolute Gasteiger partial charge is 0.316 e. The maximum Gasteiger partial charge on any atom is 0.266 e. The minimum atomic E-state index is -0.657. The Bertz CT molecular complexity index is 1840. The van der Waals surface area contributed by atoms with Crippen molar-refractivity contribution < 1.29 is 19.2 Å². The zero-order valence-electron chi connectivity index (χ0n) is 21.2. The smallest absolute Gasteiger partial charge is 0.266 e. The number of imide groups is 1. The van der Waals surface area contributed by atoms with Gasteiger partial charge < -0.3 is 4.90 Å². The van der Waals surface area contributed by atoms with Crippen molar-refractivity contribution in [3.63, 3.8) is 0 Å². The molecular weight excluding hydrogens is 500 g/mol. The lowest BCUT2D eigenvalue weighted by atomic mass is 10.0. The van der Waals surface area contributed by atoms with Crippen LogP contribution in [0.25, 0.3) is 10.8 Å². The van der Waals surface area contributed by atoms with Crippen LogP contribution in [0.1, 0.15) is 53.0 Å². The summed E-state index contributed by atoms with van der Waals surface area (Å²) in [6.07, 6.45) is 0. The van der Waals surface area contributed by atoms with E-state index in [-0.39, 0.29) is 28.4 Å². The molecule has 2 aliphatic rings. The predicted molar refractivity (Wildman–Crippen MR) is 151 cm³/mol. The third-order valence-corrected chi connectivity index (χ3v) is 7.65. The lowest BCUT2D eigenvalue weighted by Gasteiger charge is -2.16. The molecule has 0 spiro atoms. The molecule has 0 N–H and O–H groups in total. The number of amides is 3. The summed E-state index contributed by atoms with van der Waals surface area (Å²) in [5, 5.41) is 1.70. The average Bonchev–Trinajstić information content (AvgIpc) is 3.71. The molecule has 1 fully saturated rings. The van der Waals surface area contributed by atoms with E-state index in [9.17, 15) is 19.2 Å². The quantitative estimate of drug-likeness (QED) is 0.159. The van der Waals surface area contributed by atoms with Gasteiger partial charge in [0.2, 0.25) is 0 Å². The normalized spacial score (nSPS) is 17.7. The zero-order chi connectivity index (χ0) is 27.4. The van der Waals surface area contributed by atoms with E-state index in [1.165, 1.54) is 17.0 Å². The van der Waals surface area contributed by atoms with Gasteiger partial charge in [0, 0.05) is 16.5 Å². The molecule has 40 heavy (non-hydrogen) atoms. The molecule has 5 aromatic rings. The molecule has 6 heteroatoms. The highest BCUT2D eigenvalue weighted by Crippen LogP contribution is 2.46. The molecule has 1 saturated heterocycles. The van der Waals surface area contributed by atoms with Crippen LogP contribution in [-0.2, 0) is 0 Å². The van der Waals surface area contributed by atoms with E-state index in [0.717, 1.165) is 16.3 Å². The van der Waals surface area contributed by atoms with Gasteiger partial charge in [0.15, 0.2) is 5.78 Å². The Kier molecular flexibility index (Phi) is 5.42. The lowest BCUT2D eigenvalue weighted by Crippen LogP contribution is -2.29. The van der Waals surface area contributed by atoms with E-state index in [1.807, 2.05) is 72.8 Å². The Labute approximate surface area is 230 Å². The van der Waals surface area contributed by atoms with Gasteiger partial charge in [-0.25, -0.2) is 4.90 Å². The summed E-state index contributed by atoms with van der Waals surface area (Å²) < 4.78 is 0. The summed E-state index contributed by atoms with van der Waals surface area (Å²) in [6, 6.07) is 34.9. The number of rotatable bonds is 5. The van der Waals surface area contributed by atoms with Gasteiger partial charge in [0.1, 0.15) is 6.04 Å². The maximum atomic E-state index is 13.8. The predicted octanol–water partition coefficient (Wildman–Crippen LogP) is 6.09. The molecule has 5 aromatic carbocycles. The molecule has 0 aliphatic carbocycles. The summed E-state index contributed by atoms with van der Waals surface area (Å²) >= 11 is 0. The van der Waals surface area contributed by atoms with Gasteiger partial charge in [-0.3, -0.25) is 19.2 Å². The SMILES string of the molecule is O=C(c1ccccc1)[C@H]1[C@H](c2ccccc2)N1C(=O)c1ccc2c(c1)C(=O)N(c1cccc3ccccc13)C2=O. The number of fused-ring (bicyclic) bond motifs is 2. The van der Waals surface area contributed by atoms with Crippen LogP contribution in [0, 0.1) is 0 Å². The molecule has 6 nitrogen and oxygen atoms in total. The number of ketones is 1. The number of carbonyl (C=O) groups is 4. The second-order valence-electron chi connectivity index (χ2n) is 9.95. The summed E-state index contributed by atoms with van der Waals surface area (Å²) in [4.78, 5) is 56.9. The van der Waals surface area contributed by atoms with Gasteiger partial charge in [-0.1, -0.05) is 97.1 Å². The van der Waals surface area contributed by atoms with Crippen LogP contribution in [0.2, 0.25) is 0 Å². The van der Waals surface area contributed by atoms with Crippen molar-refractivity contribution in [1.82, 2.24) is 4.90 Å². The molecule has 2 heterocycles. The standard InChI is InChI=1S/C34H22N2O4/c37-31(23-13-5-2-6-14-23)30-29(22-11-3-1-4-12-22)36(30)32(38)24-18-19-26-27(20-24)34(40)35(33(26)39)28-17-9-15-21-10-7-8-16-25(21)28/h1-20,29-30H/t29-,30+,36?/m0/s1. The van der Waals surface area contributed by atoms with E-state index in [1.54, 1.807) is 41.3 Å². The summed E-state index contributed by atoms with van der Waals surface area (Å²) in [5.74, 6) is -1.41. The number of anilines is 1. The van der Waals surface area contributed by atoms with Crippen molar-refractivity contribution in [3.05, 3.63) is 149 Å². The fourth-order valence-corrected chi connectivity index (χ4v) is 5.66. The van der Waals surface area contributed by atoms with Crippen molar-refractivity contribution in [1.29, 1.82) is 0 Å². The first kappa shape index (κ1) is 23.7. The number of benzene rings is 5. The van der Waals surface area contributed by atoms with Crippen molar-refractivity contribution in [3.8, 4) is 0 Å². The monoisotopic (exact) mass is 522 g/mol. The first-order valence-electron chi connectivity index (χ1n) is 13.0. The molecule has 0 saturated carbocycles. The highest BCUT2D eigenvalue weighted by Gasteiger charge is 2.56. The summed E-state index contributed by atoms with van der Waals surface area (Å²) in [7, 11) is 0. The Balaban J connectivity index is 1.23. The Hall–Kier alpha value is -5.36. The third kappa shape index (κ3) is 3.65. The summed E-state index contributed by atoms with van der Waals surface area (Å²) in [6.45, 7) is 0. The zero-order valence-corrected chi connectivity index (χ0v) is 21.2. The maximum absolute atomic E-state index is 13.8.